The number of nitrogens with zero attached hydrogens (tertiary/aromatic N) is 1. The van der Waals surface area contributed by atoms with Crippen LogP contribution in [0.1, 0.15) is 15.9 Å². The highest BCUT2D eigenvalue weighted by atomic mass is 79.9. The fourth-order valence-corrected chi connectivity index (χ4v) is 3.62. The van der Waals surface area contributed by atoms with E-state index in [1.807, 2.05) is 49.4 Å². The molecule has 0 atom stereocenters. The highest BCUT2D eigenvalue weighted by molar-refractivity contribution is 9.10. The summed E-state index contributed by atoms with van der Waals surface area (Å²) in [4.78, 5) is 17.1. The Labute approximate surface area is 192 Å². The third-order valence-electron chi connectivity index (χ3n) is 4.57. The number of carbonyl (C=O) groups is 1. The maximum absolute atomic E-state index is 12.6. The van der Waals surface area contributed by atoms with E-state index < -0.39 is 0 Å². The summed E-state index contributed by atoms with van der Waals surface area (Å²) in [5.41, 5.74) is 4.64. The number of methoxy groups -OCH3 is 1. The Morgan fingerprint density at radius 2 is 1.87 bits per heavy atom. The minimum absolute atomic E-state index is 0.178. The Hall–Kier alpha value is -3.23. The van der Waals surface area contributed by atoms with Crippen LogP contribution in [-0.4, -0.2) is 23.1 Å². The third-order valence-corrected chi connectivity index (χ3v) is 5.26. The SMILES string of the molecule is COc1ccc(Br)cc1C(=O)NC(=S)Nc1ccc(-c2nc3cc(C)ccc3o2)cc1. The molecular formula is C23H18BrN3O3S. The van der Waals surface area contributed by atoms with Crippen LogP contribution in [0.3, 0.4) is 0 Å². The van der Waals surface area contributed by atoms with Gasteiger partial charge in [0, 0.05) is 15.7 Å². The van der Waals surface area contributed by atoms with Crippen molar-refractivity contribution >= 4 is 56.0 Å². The zero-order chi connectivity index (χ0) is 22.0. The van der Waals surface area contributed by atoms with Crippen LogP contribution < -0.4 is 15.4 Å². The van der Waals surface area contributed by atoms with Gasteiger partial charge in [-0.1, -0.05) is 22.0 Å². The summed E-state index contributed by atoms with van der Waals surface area (Å²) in [7, 11) is 1.51. The zero-order valence-electron chi connectivity index (χ0n) is 16.7. The molecule has 4 aromatic rings. The summed E-state index contributed by atoms with van der Waals surface area (Å²) in [5, 5.41) is 5.85. The summed E-state index contributed by atoms with van der Waals surface area (Å²) < 4.78 is 11.8. The number of hydrogen-bond acceptors (Lipinski definition) is 5. The van der Waals surface area contributed by atoms with E-state index in [-0.39, 0.29) is 11.0 Å². The molecule has 156 valence electrons. The molecule has 2 N–H and O–H groups in total. The van der Waals surface area contributed by atoms with E-state index in [2.05, 4.69) is 31.5 Å². The molecule has 1 aromatic heterocycles. The van der Waals surface area contributed by atoms with Crippen molar-refractivity contribution in [2.45, 2.75) is 6.92 Å². The first-order chi connectivity index (χ1) is 14.9. The van der Waals surface area contributed by atoms with Crippen molar-refractivity contribution < 1.29 is 13.9 Å². The molecule has 0 spiro atoms. The lowest BCUT2D eigenvalue weighted by Crippen LogP contribution is -2.34. The number of benzene rings is 3. The van der Waals surface area contributed by atoms with Gasteiger partial charge in [0.25, 0.3) is 5.91 Å². The van der Waals surface area contributed by atoms with Crippen LogP contribution in [0, 0.1) is 6.92 Å². The van der Waals surface area contributed by atoms with Gasteiger partial charge in [-0.3, -0.25) is 10.1 Å². The zero-order valence-corrected chi connectivity index (χ0v) is 19.1. The Morgan fingerprint density at radius 3 is 2.61 bits per heavy atom. The average Bonchev–Trinajstić information content (AvgIpc) is 3.17. The van der Waals surface area contributed by atoms with Crippen molar-refractivity contribution in [1.29, 1.82) is 0 Å². The molecule has 3 aromatic carbocycles. The van der Waals surface area contributed by atoms with Gasteiger partial charge in [0.05, 0.1) is 12.7 Å². The predicted octanol–water partition coefficient (Wildman–Crippen LogP) is 5.70. The molecule has 1 heterocycles. The number of ether oxygens (including phenoxy) is 1. The molecular weight excluding hydrogens is 478 g/mol. The van der Waals surface area contributed by atoms with Gasteiger partial charge >= 0.3 is 0 Å². The molecule has 0 bridgehead atoms. The molecule has 4 rings (SSSR count). The van der Waals surface area contributed by atoms with E-state index in [9.17, 15) is 4.79 Å². The second-order valence-corrected chi connectivity index (χ2v) is 8.14. The van der Waals surface area contributed by atoms with Crippen LogP contribution in [0.15, 0.2) is 69.6 Å². The lowest BCUT2D eigenvalue weighted by Gasteiger charge is -2.12. The number of oxazole rings is 1. The Balaban J connectivity index is 1.44. The van der Waals surface area contributed by atoms with E-state index in [1.165, 1.54) is 7.11 Å². The quantitative estimate of drug-likeness (QED) is 0.353. The molecule has 0 aliphatic carbocycles. The number of aromatic nitrogens is 1. The second kappa shape index (κ2) is 8.87. The molecule has 0 unspecified atom stereocenters. The number of anilines is 1. The first-order valence-electron chi connectivity index (χ1n) is 9.36. The van der Waals surface area contributed by atoms with Crippen molar-refractivity contribution in [2.75, 3.05) is 12.4 Å². The second-order valence-electron chi connectivity index (χ2n) is 6.82. The van der Waals surface area contributed by atoms with Crippen LogP contribution in [0.2, 0.25) is 0 Å². The van der Waals surface area contributed by atoms with Gasteiger partial charge in [-0.15, -0.1) is 0 Å². The minimum Gasteiger partial charge on any atom is -0.496 e. The number of fused-ring (bicyclic) bond motifs is 1. The first-order valence-corrected chi connectivity index (χ1v) is 10.6. The normalized spacial score (nSPS) is 10.7. The lowest BCUT2D eigenvalue weighted by atomic mass is 10.2. The number of nitrogens with one attached hydrogen (secondary N) is 2. The number of carbonyl (C=O) groups excluding carboxylic acids is 1. The molecule has 31 heavy (non-hydrogen) atoms. The topological polar surface area (TPSA) is 76.4 Å². The van der Waals surface area contributed by atoms with Crippen LogP contribution in [-0.2, 0) is 0 Å². The molecule has 1 amide bonds. The van der Waals surface area contributed by atoms with Gasteiger partial charge in [0.15, 0.2) is 10.7 Å². The number of hydrogen-bond donors (Lipinski definition) is 2. The van der Waals surface area contributed by atoms with E-state index in [4.69, 9.17) is 21.4 Å². The van der Waals surface area contributed by atoms with E-state index in [0.717, 1.165) is 32.4 Å². The summed E-state index contributed by atoms with van der Waals surface area (Å²) >= 11 is 8.64. The standard InChI is InChI=1S/C23H18BrN3O3S/c1-13-3-9-20-18(11-13)26-22(30-20)14-4-7-16(8-5-14)25-23(31)27-21(28)17-12-15(24)6-10-19(17)29-2/h3-12H,1-2H3,(H2,25,27,28,31). The van der Waals surface area contributed by atoms with Gasteiger partial charge in [-0.05, 0) is 79.3 Å². The molecule has 0 radical (unpaired) electrons. The van der Waals surface area contributed by atoms with Gasteiger partial charge in [0.2, 0.25) is 5.89 Å². The molecule has 6 nitrogen and oxygen atoms in total. The summed E-state index contributed by atoms with van der Waals surface area (Å²) in [6.45, 7) is 2.02. The van der Waals surface area contributed by atoms with Gasteiger partial charge in [-0.2, -0.15) is 0 Å². The van der Waals surface area contributed by atoms with Gasteiger partial charge in [-0.25, -0.2) is 4.98 Å². The highest BCUT2D eigenvalue weighted by Crippen LogP contribution is 2.26. The van der Waals surface area contributed by atoms with Gasteiger partial charge < -0.3 is 14.5 Å². The summed E-state index contributed by atoms with van der Waals surface area (Å²) in [5.74, 6) is 0.639. The number of amides is 1. The van der Waals surface area contributed by atoms with Crippen molar-refractivity contribution in [3.05, 3.63) is 76.3 Å². The average molecular weight is 496 g/mol. The fourth-order valence-electron chi connectivity index (χ4n) is 3.05. The molecule has 0 aliphatic rings. The largest absolute Gasteiger partial charge is 0.496 e. The van der Waals surface area contributed by atoms with E-state index in [1.54, 1.807) is 18.2 Å². The Kier molecular flexibility index (Phi) is 6.01. The summed E-state index contributed by atoms with van der Waals surface area (Å²) in [6.07, 6.45) is 0. The molecule has 0 saturated carbocycles. The minimum atomic E-state index is -0.367. The van der Waals surface area contributed by atoms with Crippen molar-refractivity contribution in [2.24, 2.45) is 0 Å². The van der Waals surface area contributed by atoms with Crippen molar-refractivity contribution in [1.82, 2.24) is 10.3 Å². The van der Waals surface area contributed by atoms with E-state index in [0.29, 0.717) is 17.2 Å². The fraction of sp³-hybridized carbons (Fsp3) is 0.0870. The lowest BCUT2D eigenvalue weighted by molar-refractivity contribution is 0.0974. The number of halogens is 1. The number of thiocarbonyl (C=S) groups is 1. The van der Waals surface area contributed by atoms with Gasteiger partial charge in [0.1, 0.15) is 11.3 Å². The number of rotatable bonds is 4. The van der Waals surface area contributed by atoms with Crippen LogP contribution in [0.25, 0.3) is 22.6 Å². The molecule has 0 saturated heterocycles. The van der Waals surface area contributed by atoms with Crippen molar-refractivity contribution in [3.63, 3.8) is 0 Å². The maximum atomic E-state index is 12.6. The summed E-state index contributed by atoms with van der Waals surface area (Å²) in [6, 6.07) is 18.5. The highest BCUT2D eigenvalue weighted by Gasteiger charge is 2.14. The molecule has 0 aliphatic heterocycles. The van der Waals surface area contributed by atoms with Crippen LogP contribution in [0.4, 0.5) is 5.69 Å². The first kappa shape index (κ1) is 21.0. The monoisotopic (exact) mass is 495 g/mol. The smallest absolute Gasteiger partial charge is 0.261 e. The Bertz CT molecular complexity index is 1290. The maximum Gasteiger partial charge on any atom is 0.261 e. The third kappa shape index (κ3) is 4.76. The predicted molar refractivity (Wildman–Crippen MR) is 129 cm³/mol. The van der Waals surface area contributed by atoms with Crippen molar-refractivity contribution in [3.8, 4) is 17.2 Å². The van der Waals surface area contributed by atoms with Crippen LogP contribution in [0.5, 0.6) is 5.75 Å². The van der Waals surface area contributed by atoms with E-state index >= 15 is 0 Å². The molecule has 0 fully saturated rings. The number of aryl methyl sites for hydroxylation is 1. The van der Waals surface area contributed by atoms with Crippen LogP contribution >= 0.6 is 28.1 Å². The molecule has 8 heteroatoms. The Morgan fingerprint density at radius 1 is 1.10 bits per heavy atom.